The first-order chi connectivity index (χ1) is 11.8. The third kappa shape index (κ3) is 6.30. The summed E-state index contributed by atoms with van der Waals surface area (Å²) in [5.41, 5.74) is 0.721. The van der Waals surface area contributed by atoms with Crippen molar-refractivity contribution >= 4 is 29.1 Å². The molecule has 2 amide bonds. The van der Waals surface area contributed by atoms with Crippen LogP contribution in [0.2, 0.25) is 5.02 Å². The van der Waals surface area contributed by atoms with Crippen LogP contribution in [0.25, 0.3) is 0 Å². The van der Waals surface area contributed by atoms with E-state index in [0.29, 0.717) is 11.6 Å². The van der Waals surface area contributed by atoms with E-state index < -0.39 is 0 Å². The maximum Gasteiger partial charge on any atom is 0.282 e. The molecule has 1 heterocycles. The summed E-state index contributed by atoms with van der Waals surface area (Å²) in [5, 5.41) is 6.47. The number of anilines is 1. The van der Waals surface area contributed by atoms with E-state index >= 15 is 0 Å². The molecule has 1 fully saturated rings. The van der Waals surface area contributed by atoms with Crippen molar-refractivity contribution in [1.29, 1.82) is 0 Å². The Kier molecular flexibility index (Phi) is 7.23. The standard InChI is InChI=1S/C18H27ClN4O2/c1-13(2)20-17(24)12-22-7-9-23(10-8-22)14(3)18(25)21-16-6-4-5-15(19)11-16/h4-6,11,13-14H,7-10,12H2,1-3H3,(H,20,24)(H,21,25)/p+2/t14-/m0/s1. The van der Waals surface area contributed by atoms with Crippen molar-refractivity contribution in [2.24, 2.45) is 0 Å². The van der Waals surface area contributed by atoms with E-state index in [0.717, 1.165) is 31.9 Å². The highest BCUT2D eigenvalue weighted by Gasteiger charge is 2.31. The number of nitrogens with one attached hydrogen (secondary N) is 4. The van der Waals surface area contributed by atoms with Gasteiger partial charge in [-0.15, -0.1) is 0 Å². The molecule has 1 atom stereocenters. The number of halogens is 1. The molecule has 0 spiro atoms. The van der Waals surface area contributed by atoms with E-state index in [4.69, 9.17) is 11.6 Å². The molecule has 0 bridgehead atoms. The van der Waals surface area contributed by atoms with Gasteiger partial charge in [-0.25, -0.2) is 0 Å². The lowest BCUT2D eigenvalue weighted by Crippen LogP contribution is -3.30. The van der Waals surface area contributed by atoms with Gasteiger partial charge < -0.3 is 20.4 Å². The zero-order valence-corrected chi connectivity index (χ0v) is 16.0. The van der Waals surface area contributed by atoms with Gasteiger partial charge in [0, 0.05) is 16.8 Å². The molecule has 0 radical (unpaired) electrons. The van der Waals surface area contributed by atoms with Gasteiger partial charge in [0.1, 0.15) is 26.2 Å². The van der Waals surface area contributed by atoms with Crippen LogP contribution in [-0.2, 0) is 9.59 Å². The Morgan fingerprint density at radius 2 is 1.84 bits per heavy atom. The topological polar surface area (TPSA) is 67.1 Å². The first-order valence-electron chi connectivity index (χ1n) is 8.89. The molecular formula is C18H29ClN4O2+2. The number of benzene rings is 1. The highest BCUT2D eigenvalue weighted by molar-refractivity contribution is 6.30. The van der Waals surface area contributed by atoms with Gasteiger partial charge in [0.15, 0.2) is 12.6 Å². The molecule has 7 heteroatoms. The lowest BCUT2D eigenvalue weighted by molar-refractivity contribution is -1.01. The van der Waals surface area contributed by atoms with Gasteiger partial charge in [0.2, 0.25) is 0 Å². The van der Waals surface area contributed by atoms with Crippen LogP contribution in [0.5, 0.6) is 0 Å². The Bertz CT molecular complexity index is 600. The Morgan fingerprint density at radius 1 is 1.16 bits per heavy atom. The second-order valence-electron chi connectivity index (χ2n) is 7.03. The zero-order chi connectivity index (χ0) is 18.4. The number of hydrogen-bond acceptors (Lipinski definition) is 2. The molecule has 1 aromatic rings. The van der Waals surface area contributed by atoms with Crippen LogP contribution in [0.1, 0.15) is 20.8 Å². The largest absolute Gasteiger partial charge is 0.349 e. The minimum Gasteiger partial charge on any atom is -0.349 e. The normalized spacial score (nSPS) is 21.6. The number of hydrogen-bond donors (Lipinski definition) is 4. The second kappa shape index (κ2) is 9.17. The quantitative estimate of drug-likeness (QED) is 0.519. The molecule has 0 aromatic heterocycles. The van der Waals surface area contributed by atoms with Gasteiger partial charge in [-0.1, -0.05) is 17.7 Å². The minimum atomic E-state index is -0.134. The van der Waals surface area contributed by atoms with Crippen LogP contribution in [-0.4, -0.2) is 56.6 Å². The molecule has 1 aromatic carbocycles. The first kappa shape index (κ1) is 19.7. The first-order valence-corrected chi connectivity index (χ1v) is 9.27. The van der Waals surface area contributed by atoms with E-state index in [2.05, 4.69) is 10.6 Å². The summed E-state index contributed by atoms with van der Waals surface area (Å²) in [4.78, 5) is 26.9. The van der Waals surface area contributed by atoms with Gasteiger partial charge in [-0.3, -0.25) is 9.59 Å². The van der Waals surface area contributed by atoms with E-state index in [-0.39, 0.29) is 23.9 Å². The molecule has 6 nitrogen and oxygen atoms in total. The van der Waals surface area contributed by atoms with E-state index in [1.54, 1.807) is 12.1 Å². The van der Waals surface area contributed by atoms with Gasteiger partial charge in [-0.2, -0.15) is 0 Å². The van der Waals surface area contributed by atoms with Gasteiger partial charge in [0.05, 0.1) is 0 Å². The minimum absolute atomic E-state index is 0.00160. The van der Waals surface area contributed by atoms with Crippen molar-refractivity contribution in [2.75, 3.05) is 38.0 Å². The summed E-state index contributed by atoms with van der Waals surface area (Å²) in [6.45, 7) is 9.96. The molecule has 4 N–H and O–H groups in total. The molecule has 1 aliphatic heterocycles. The van der Waals surface area contributed by atoms with Crippen molar-refractivity contribution in [3.63, 3.8) is 0 Å². The van der Waals surface area contributed by atoms with Crippen LogP contribution in [0.4, 0.5) is 5.69 Å². The number of rotatable bonds is 6. The molecule has 0 saturated carbocycles. The van der Waals surface area contributed by atoms with Crippen LogP contribution in [0.15, 0.2) is 24.3 Å². The number of quaternary nitrogens is 2. The van der Waals surface area contributed by atoms with Crippen molar-refractivity contribution in [2.45, 2.75) is 32.9 Å². The fourth-order valence-electron chi connectivity index (χ4n) is 3.14. The maximum atomic E-state index is 12.5. The fraction of sp³-hybridized carbons (Fsp3) is 0.556. The third-order valence-corrected chi connectivity index (χ3v) is 4.79. The van der Waals surface area contributed by atoms with Crippen LogP contribution in [0, 0.1) is 0 Å². The number of carbonyl (C=O) groups excluding carboxylic acids is 2. The highest BCUT2D eigenvalue weighted by Crippen LogP contribution is 2.14. The lowest BCUT2D eigenvalue weighted by Gasteiger charge is -2.32. The molecule has 0 unspecified atom stereocenters. The summed E-state index contributed by atoms with van der Waals surface area (Å²) in [5.74, 6) is 0.0958. The fourth-order valence-corrected chi connectivity index (χ4v) is 3.33. The van der Waals surface area contributed by atoms with Gasteiger partial charge in [0.25, 0.3) is 11.8 Å². The van der Waals surface area contributed by atoms with Gasteiger partial charge in [-0.05, 0) is 39.0 Å². The maximum absolute atomic E-state index is 12.5. The second-order valence-corrected chi connectivity index (χ2v) is 7.46. The van der Waals surface area contributed by atoms with Crippen molar-refractivity contribution in [3.05, 3.63) is 29.3 Å². The van der Waals surface area contributed by atoms with Gasteiger partial charge >= 0.3 is 0 Å². The molecule has 0 aliphatic carbocycles. The van der Waals surface area contributed by atoms with E-state index in [1.165, 1.54) is 9.80 Å². The van der Waals surface area contributed by atoms with Crippen LogP contribution < -0.4 is 20.4 Å². The monoisotopic (exact) mass is 368 g/mol. The Labute approximate surface area is 154 Å². The van der Waals surface area contributed by atoms with Crippen molar-refractivity contribution < 1.29 is 19.4 Å². The zero-order valence-electron chi connectivity index (χ0n) is 15.2. The number of amides is 2. The van der Waals surface area contributed by atoms with E-state index in [9.17, 15) is 9.59 Å². The molecule has 1 aliphatic rings. The Hall–Kier alpha value is -1.63. The molecule has 138 valence electrons. The van der Waals surface area contributed by atoms with Crippen molar-refractivity contribution in [3.8, 4) is 0 Å². The average Bonchev–Trinajstić information content (AvgIpc) is 2.54. The predicted molar refractivity (Wildman–Crippen MR) is 99.1 cm³/mol. The Morgan fingerprint density at radius 3 is 2.44 bits per heavy atom. The van der Waals surface area contributed by atoms with Crippen LogP contribution >= 0.6 is 11.6 Å². The number of carbonyl (C=O) groups is 2. The molecule has 25 heavy (non-hydrogen) atoms. The van der Waals surface area contributed by atoms with Crippen molar-refractivity contribution in [1.82, 2.24) is 5.32 Å². The molecule has 2 rings (SSSR count). The van der Waals surface area contributed by atoms with E-state index in [1.807, 2.05) is 32.9 Å². The summed E-state index contributed by atoms with van der Waals surface area (Å²) < 4.78 is 0. The molecular weight excluding hydrogens is 340 g/mol. The summed E-state index contributed by atoms with van der Waals surface area (Å²) >= 11 is 5.95. The lowest BCUT2D eigenvalue weighted by atomic mass is 10.2. The predicted octanol–water partition coefficient (Wildman–Crippen LogP) is -1.02. The molecule has 1 saturated heterocycles. The summed E-state index contributed by atoms with van der Waals surface area (Å²) in [6.07, 6.45) is 0. The Balaban J connectivity index is 1.79. The highest BCUT2D eigenvalue weighted by atomic mass is 35.5. The van der Waals surface area contributed by atoms with Crippen LogP contribution in [0.3, 0.4) is 0 Å². The third-order valence-electron chi connectivity index (χ3n) is 4.56. The number of piperazine rings is 1. The summed E-state index contributed by atoms with van der Waals surface area (Å²) in [7, 11) is 0. The summed E-state index contributed by atoms with van der Waals surface area (Å²) in [6, 6.07) is 7.22. The SMILES string of the molecule is CC(C)NC(=O)C[NH+]1CC[NH+]([C@@H](C)C(=O)Nc2cccc(Cl)c2)CC1. The smallest absolute Gasteiger partial charge is 0.282 e. The average molecular weight is 369 g/mol.